The molecule has 0 aromatic heterocycles. The predicted octanol–water partition coefficient (Wildman–Crippen LogP) is 2.80. The second kappa shape index (κ2) is 14.0. The highest BCUT2D eigenvalue weighted by molar-refractivity contribution is 4.83. The quantitative estimate of drug-likeness (QED) is 0.422. The van der Waals surface area contributed by atoms with Gasteiger partial charge in [0.05, 0.1) is 25.4 Å². The Morgan fingerprint density at radius 2 is 1.54 bits per heavy atom. The maximum atomic E-state index is 10.0. The van der Waals surface area contributed by atoms with E-state index in [0.717, 1.165) is 6.42 Å². The zero-order chi connectivity index (χ0) is 17.6. The summed E-state index contributed by atoms with van der Waals surface area (Å²) in [5.74, 6) is 0. The third kappa shape index (κ3) is 9.94. The molecule has 1 heterocycles. The Morgan fingerprint density at radius 3 is 2.12 bits per heavy atom. The first-order chi connectivity index (χ1) is 11.6. The second-order valence-corrected chi connectivity index (χ2v) is 7.08. The molecule has 3 N–H and O–H groups in total. The van der Waals surface area contributed by atoms with Crippen molar-refractivity contribution in [1.82, 2.24) is 0 Å². The molecular weight excluding hydrogens is 308 g/mol. The summed E-state index contributed by atoms with van der Waals surface area (Å²) in [6.07, 6.45) is 10.2. The maximum Gasteiger partial charge on any atom is 0.112 e. The lowest BCUT2D eigenvalue weighted by atomic mass is 10.00. The number of ether oxygens (including phenoxy) is 2. The first kappa shape index (κ1) is 21.8. The number of hydrogen-bond donors (Lipinski definition) is 3. The van der Waals surface area contributed by atoms with Crippen LogP contribution in [0.1, 0.15) is 77.6 Å². The first-order valence-electron chi connectivity index (χ1n) is 9.88. The molecule has 0 aromatic carbocycles. The van der Waals surface area contributed by atoms with E-state index in [-0.39, 0.29) is 19.6 Å². The Balaban J connectivity index is 1.88. The largest absolute Gasteiger partial charge is 0.391 e. The van der Waals surface area contributed by atoms with E-state index in [2.05, 4.69) is 6.92 Å². The summed E-state index contributed by atoms with van der Waals surface area (Å²) < 4.78 is 10.8. The number of aliphatic hydroxyl groups excluding tert-OH is 3. The summed E-state index contributed by atoms with van der Waals surface area (Å²) in [6.45, 7) is 3.22. The molecule has 0 aliphatic carbocycles. The summed E-state index contributed by atoms with van der Waals surface area (Å²) in [5.41, 5.74) is 0. The summed E-state index contributed by atoms with van der Waals surface area (Å²) in [5, 5.41) is 29.2. The molecule has 5 nitrogen and oxygen atoms in total. The molecule has 144 valence electrons. The number of aliphatic hydroxyl groups is 3. The molecule has 3 unspecified atom stereocenters. The van der Waals surface area contributed by atoms with Crippen molar-refractivity contribution in [1.29, 1.82) is 0 Å². The molecular formula is C19H38O5. The van der Waals surface area contributed by atoms with Crippen molar-refractivity contribution < 1.29 is 24.8 Å². The Morgan fingerprint density at radius 1 is 0.958 bits per heavy atom. The topological polar surface area (TPSA) is 79.2 Å². The molecule has 0 aromatic rings. The zero-order valence-corrected chi connectivity index (χ0v) is 15.4. The summed E-state index contributed by atoms with van der Waals surface area (Å²) in [6, 6.07) is 0. The molecule has 5 heteroatoms. The lowest BCUT2D eigenvalue weighted by molar-refractivity contribution is -0.170. The minimum atomic E-state index is -0.837. The van der Waals surface area contributed by atoms with Crippen LogP contribution in [0, 0.1) is 0 Å². The molecule has 24 heavy (non-hydrogen) atoms. The van der Waals surface area contributed by atoms with Gasteiger partial charge in [0.2, 0.25) is 0 Å². The fraction of sp³-hybridized carbons (Fsp3) is 1.00. The van der Waals surface area contributed by atoms with Crippen molar-refractivity contribution >= 4 is 0 Å². The fourth-order valence-corrected chi connectivity index (χ4v) is 3.17. The van der Waals surface area contributed by atoms with E-state index in [4.69, 9.17) is 9.47 Å². The van der Waals surface area contributed by atoms with Crippen molar-refractivity contribution in [3.8, 4) is 0 Å². The average Bonchev–Trinajstić information content (AvgIpc) is 2.55. The van der Waals surface area contributed by atoms with Gasteiger partial charge < -0.3 is 24.8 Å². The van der Waals surface area contributed by atoms with Crippen LogP contribution in [0.3, 0.4) is 0 Å². The van der Waals surface area contributed by atoms with Crippen LogP contribution in [0.2, 0.25) is 0 Å². The van der Waals surface area contributed by atoms with E-state index < -0.39 is 24.4 Å². The highest BCUT2D eigenvalue weighted by Gasteiger charge is 2.34. The Kier molecular flexibility index (Phi) is 12.8. The van der Waals surface area contributed by atoms with Gasteiger partial charge in [0, 0.05) is 13.0 Å². The van der Waals surface area contributed by atoms with E-state index in [0.29, 0.717) is 6.61 Å². The molecule has 0 bridgehead atoms. The van der Waals surface area contributed by atoms with Crippen LogP contribution in [-0.4, -0.2) is 59.6 Å². The molecule has 0 saturated carbocycles. The normalized spacial score (nSPS) is 25.8. The van der Waals surface area contributed by atoms with Crippen molar-refractivity contribution in [2.75, 3.05) is 19.8 Å². The van der Waals surface area contributed by atoms with Gasteiger partial charge in [-0.15, -0.1) is 0 Å². The van der Waals surface area contributed by atoms with Gasteiger partial charge in [0.25, 0.3) is 0 Å². The van der Waals surface area contributed by atoms with Gasteiger partial charge in [0.1, 0.15) is 12.2 Å². The average molecular weight is 347 g/mol. The minimum absolute atomic E-state index is 0.164. The van der Waals surface area contributed by atoms with Gasteiger partial charge in [-0.05, 0) is 6.42 Å². The molecule has 1 fully saturated rings. The van der Waals surface area contributed by atoms with Crippen LogP contribution in [0.15, 0.2) is 0 Å². The van der Waals surface area contributed by atoms with Crippen molar-refractivity contribution in [3.05, 3.63) is 0 Å². The zero-order valence-electron chi connectivity index (χ0n) is 15.4. The van der Waals surface area contributed by atoms with Crippen LogP contribution >= 0.6 is 0 Å². The predicted molar refractivity (Wildman–Crippen MR) is 95.0 cm³/mol. The van der Waals surface area contributed by atoms with E-state index in [9.17, 15) is 15.3 Å². The SMILES string of the molecule is CCCCCCCCCCCCOCC(O)[C@H]1OCC(O)CC1O. The summed E-state index contributed by atoms with van der Waals surface area (Å²) >= 11 is 0. The van der Waals surface area contributed by atoms with Crippen LogP contribution in [0.5, 0.6) is 0 Å². The number of hydrogen-bond acceptors (Lipinski definition) is 5. The van der Waals surface area contributed by atoms with Crippen LogP contribution < -0.4 is 0 Å². The maximum absolute atomic E-state index is 10.0. The molecule has 1 aliphatic heterocycles. The highest BCUT2D eigenvalue weighted by Crippen LogP contribution is 2.18. The fourth-order valence-electron chi connectivity index (χ4n) is 3.17. The standard InChI is InChI=1S/C19H38O5/c1-2-3-4-5-6-7-8-9-10-11-12-23-15-18(22)19-17(21)13-16(20)14-24-19/h16-22H,2-15H2,1H3/t16?,17?,18?,19-/m0/s1. The molecule has 1 saturated heterocycles. The molecule has 1 rings (SSSR count). The van der Waals surface area contributed by atoms with Crippen LogP contribution in [0.4, 0.5) is 0 Å². The smallest absolute Gasteiger partial charge is 0.112 e. The Labute approximate surface area is 147 Å². The second-order valence-electron chi connectivity index (χ2n) is 7.08. The number of rotatable bonds is 14. The van der Waals surface area contributed by atoms with E-state index in [1.54, 1.807) is 0 Å². The lowest BCUT2D eigenvalue weighted by Crippen LogP contribution is -2.49. The van der Waals surface area contributed by atoms with E-state index >= 15 is 0 Å². The van der Waals surface area contributed by atoms with Crippen molar-refractivity contribution in [2.24, 2.45) is 0 Å². The van der Waals surface area contributed by atoms with Gasteiger partial charge in [-0.1, -0.05) is 64.7 Å². The van der Waals surface area contributed by atoms with E-state index in [1.165, 1.54) is 57.8 Å². The van der Waals surface area contributed by atoms with Gasteiger partial charge in [-0.3, -0.25) is 0 Å². The Hall–Kier alpha value is -0.200. The minimum Gasteiger partial charge on any atom is -0.391 e. The molecule has 4 atom stereocenters. The molecule has 0 spiro atoms. The molecule has 0 radical (unpaired) electrons. The lowest BCUT2D eigenvalue weighted by Gasteiger charge is -2.33. The van der Waals surface area contributed by atoms with E-state index in [1.807, 2.05) is 0 Å². The highest BCUT2D eigenvalue weighted by atomic mass is 16.5. The first-order valence-corrected chi connectivity index (χ1v) is 9.88. The van der Waals surface area contributed by atoms with Crippen LogP contribution in [0.25, 0.3) is 0 Å². The molecule has 1 aliphatic rings. The van der Waals surface area contributed by atoms with Gasteiger partial charge in [-0.25, -0.2) is 0 Å². The number of unbranched alkanes of at least 4 members (excludes halogenated alkanes) is 9. The third-order valence-corrected chi connectivity index (χ3v) is 4.68. The summed E-state index contributed by atoms with van der Waals surface area (Å²) in [4.78, 5) is 0. The molecule has 0 amide bonds. The van der Waals surface area contributed by atoms with Crippen molar-refractivity contribution in [3.63, 3.8) is 0 Å². The third-order valence-electron chi connectivity index (χ3n) is 4.68. The monoisotopic (exact) mass is 346 g/mol. The van der Waals surface area contributed by atoms with Gasteiger partial charge in [0.15, 0.2) is 0 Å². The van der Waals surface area contributed by atoms with Crippen molar-refractivity contribution in [2.45, 2.75) is 102 Å². The van der Waals surface area contributed by atoms with Gasteiger partial charge >= 0.3 is 0 Å². The summed E-state index contributed by atoms with van der Waals surface area (Å²) in [7, 11) is 0. The Bertz CT molecular complexity index is 287. The van der Waals surface area contributed by atoms with Crippen LogP contribution in [-0.2, 0) is 9.47 Å². The van der Waals surface area contributed by atoms with Gasteiger partial charge in [-0.2, -0.15) is 0 Å².